The number of carbonyl (C=O) groups is 2. The number of ketones is 1. The first kappa shape index (κ1) is 31.7. The van der Waals surface area contributed by atoms with Gasteiger partial charge in [0.2, 0.25) is 5.91 Å². The summed E-state index contributed by atoms with van der Waals surface area (Å²) >= 11 is 0. The van der Waals surface area contributed by atoms with Crippen molar-refractivity contribution in [2.75, 3.05) is 24.5 Å². The standard InChI is InChI=1S/C36H36F4N4O2/c1-3-43-34-33(30(22-42-18-16-23(2)17-19-42)41-44(34)28-10-5-4-6-11-28)32(24-12-14-27(37)15-13-24)29(35(43)46)21-31(45)25-8-7-9-26(20-25)36(38,39)40/h4-15,20,23,29,32H,3,16-19,21-22H2,1-2H3/t29-,32+/m0/s1. The van der Waals surface area contributed by atoms with Gasteiger partial charge in [-0.25, -0.2) is 9.07 Å². The molecule has 2 atom stereocenters. The van der Waals surface area contributed by atoms with Crippen molar-refractivity contribution in [2.24, 2.45) is 11.8 Å². The summed E-state index contributed by atoms with van der Waals surface area (Å²) in [6.07, 6.45) is -2.84. The molecular weight excluding hydrogens is 596 g/mol. The molecule has 0 N–H and O–H groups in total. The van der Waals surface area contributed by atoms with Gasteiger partial charge in [-0.3, -0.25) is 19.4 Å². The summed E-state index contributed by atoms with van der Waals surface area (Å²) in [6.45, 7) is 6.68. The molecule has 2 aliphatic heterocycles. The van der Waals surface area contributed by atoms with Gasteiger partial charge in [-0.1, -0.05) is 49.4 Å². The second-order valence-corrected chi connectivity index (χ2v) is 12.3. The molecule has 1 amide bonds. The number of alkyl halides is 3. The van der Waals surface area contributed by atoms with Gasteiger partial charge in [-0.15, -0.1) is 0 Å². The first-order valence-corrected chi connectivity index (χ1v) is 15.7. The van der Waals surface area contributed by atoms with E-state index in [0.29, 0.717) is 23.8 Å². The molecule has 10 heteroatoms. The summed E-state index contributed by atoms with van der Waals surface area (Å²) in [5.41, 5.74) is 1.89. The molecule has 46 heavy (non-hydrogen) atoms. The van der Waals surface area contributed by atoms with Gasteiger partial charge in [0, 0.05) is 36.6 Å². The lowest BCUT2D eigenvalue weighted by Gasteiger charge is -2.38. The first-order valence-electron chi connectivity index (χ1n) is 15.7. The van der Waals surface area contributed by atoms with Crippen LogP contribution in [0.25, 0.3) is 5.69 Å². The molecule has 0 bridgehead atoms. The number of benzene rings is 3. The molecule has 6 rings (SSSR count). The summed E-state index contributed by atoms with van der Waals surface area (Å²) in [5, 5.41) is 5.11. The number of hydrogen-bond acceptors (Lipinski definition) is 4. The Labute approximate surface area is 265 Å². The maximum Gasteiger partial charge on any atom is 0.416 e. The van der Waals surface area contributed by atoms with E-state index in [4.69, 9.17) is 5.10 Å². The number of Topliss-reactive ketones (excluding diaryl/α,β-unsaturated/α-hetero) is 1. The van der Waals surface area contributed by atoms with Crippen LogP contribution in [0.4, 0.5) is 23.4 Å². The van der Waals surface area contributed by atoms with E-state index in [-0.39, 0.29) is 24.4 Å². The summed E-state index contributed by atoms with van der Waals surface area (Å²) in [7, 11) is 0. The second kappa shape index (κ2) is 12.8. The van der Waals surface area contributed by atoms with Gasteiger partial charge in [-0.05, 0) is 80.7 Å². The van der Waals surface area contributed by atoms with Gasteiger partial charge in [0.05, 0.1) is 22.9 Å². The maximum absolute atomic E-state index is 14.4. The van der Waals surface area contributed by atoms with Crippen molar-refractivity contribution in [3.8, 4) is 5.69 Å². The van der Waals surface area contributed by atoms with Gasteiger partial charge in [0.25, 0.3) is 0 Å². The van der Waals surface area contributed by atoms with Crippen molar-refractivity contribution in [3.63, 3.8) is 0 Å². The summed E-state index contributed by atoms with van der Waals surface area (Å²) in [5.74, 6) is -1.77. The molecule has 3 heterocycles. The summed E-state index contributed by atoms with van der Waals surface area (Å²) < 4.78 is 56.5. The quantitative estimate of drug-likeness (QED) is 0.148. The van der Waals surface area contributed by atoms with Gasteiger partial charge in [-0.2, -0.15) is 18.3 Å². The van der Waals surface area contributed by atoms with Crippen LogP contribution < -0.4 is 4.90 Å². The number of amides is 1. The van der Waals surface area contributed by atoms with Gasteiger partial charge in [0.15, 0.2) is 5.78 Å². The smallest absolute Gasteiger partial charge is 0.297 e. The van der Waals surface area contributed by atoms with Crippen LogP contribution in [0.5, 0.6) is 0 Å². The lowest BCUT2D eigenvalue weighted by Crippen LogP contribution is -2.45. The highest BCUT2D eigenvalue weighted by atomic mass is 19.4. The van der Waals surface area contributed by atoms with E-state index >= 15 is 0 Å². The predicted molar refractivity (Wildman–Crippen MR) is 167 cm³/mol. The van der Waals surface area contributed by atoms with Gasteiger partial charge in [0.1, 0.15) is 11.6 Å². The largest absolute Gasteiger partial charge is 0.416 e. The Balaban J connectivity index is 1.51. The number of anilines is 1. The molecule has 1 saturated heterocycles. The molecular formula is C36H36F4N4O2. The Morgan fingerprint density at radius 1 is 0.957 bits per heavy atom. The lowest BCUT2D eigenvalue weighted by molar-refractivity contribution is -0.137. The van der Waals surface area contributed by atoms with Crippen LogP contribution in [0, 0.1) is 17.7 Å². The van der Waals surface area contributed by atoms with E-state index in [1.165, 1.54) is 24.3 Å². The first-order chi connectivity index (χ1) is 22.0. The zero-order valence-corrected chi connectivity index (χ0v) is 25.8. The number of halogens is 4. The highest BCUT2D eigenvalue weighted by Crippen LogP contribution is 2.48. The van der Waals surface area contributed by atoms with E-state index in [9.17, 15) is 27.2 Å². The Morgan fingerprint density at radius 2 is 1.65 bits per heavy atom. The van der Waals surface area contributed by atoms with E-state index in [0.717, 1.165) is 55.0 Å². The number of para-hydroxylation sites is 1. The fraction of sp³-hybridized carbons (Fsp3) is 0.361. The average molecular weight is 633 g/mol. The van der Waals surface area contributed by atoms with Crippen LogP contribution in [0.2, 0.25) is 0 Å². The van der Waals surface area contributed by atoms with E-state index in [1.54, 1.807) is 21.7 Å². The molecule has 2 aliphatic rings. The zero-order valence-electron chi connectivity index (χ0n) is 25.8. The van der Waals surface area contributed by atoms with Crippen LogP contribution in [0.15, 0.2) is 78.9 Å². The molecule has 1 aromatic heterocycles. The van der Waals surface area contributed by atoms with Crippen molar-refractivity contribution in [2.45, 2.75) is 51.7 Å². The third kappa shape index (κ3) is 6.23. The Bertz CT molecular complexity index is 1710. The third-order valence-electron chi connectivity index (χ3n) is 9.24. The highest BCUT2D eigenvalue weighted by molar-refractivity contribution is 6.04. The third-order valence-corrected chi connectivity index (χ3v) is 9.24. The molecule has 0 spiro atoms. The van der Waals surface area contributed by atoms with Crippen molar-refractivity contribution in [3.05, 3.63) is 113 Å². The Hall–Kier alpha value is -4.31. The number of fused-ring (bicyclic) bond motifs is 1. The van der Waals surface area contributed by atoms with Crippen LogP contribution in [-0.2, 0) is 17.5 Å². The minimum Gasteiger partial charge on any atom is -0.297 e. The Morgan fingerprint density at radius 3 is 2.30 bits per heavy atom. The van der Waals surface area contributed by atoms with E-state index < -0.39 is 35.2 Å². The average Bonchev–Trinajstić information content (AvgIpc) is 3.41. The number of piperidine rings is 1. The normalized spacial score (nSPS) is 19.3. The molecule has 0 radical (unpaired) electrons. The maximum atomic E-state index is 14.4. The number of rotatable bonds is 8. The van der Waals surface area contributed by atoms with Crippen molar-refractivity contribution < 1.29 is 27.2 Å². The minimum absolute atomic E-state index is 0.114. The summed E-state index contributed by atoms with van der Waals surface area (Å²) in [4.78, 5) is 32.1. The molecule has 4 aromatic rings. The van der Waals surface area contributed by atoms with Crippen molar-refractivity contribution in [1.82, 2.24) is 14.7 Å². The number of carbonyl (C=O) groups excluding carboxylic acids is 2. The van der Waals surface area contributed by atoms with Gasteiger partial charge >= 0.3 is 6.18 Å². The van der Waals surface area contributed by atoms with Crippen LogP contribution >= 0.6 is 0 Å². The van der Waals surface area contributed by atoms with Crippen molar-refractivity contribution >= 4 is 17.5 Å². The van der Waals surface area contributed by atoms with Crippen LogP contribution in [0.3, 0.4) is 0 Å². The predicted octanol–water partition coefficient (Wildman–Crippen LogP) is 7.65. The van der Waals surface area contributed by atoms with Gasteiger partial charge < -0.3 is 0 Å². The van der Waals surface area contributed by atoms with Crippen LogP contribution in [0.1, 0.15) is 71.8 Å². The summed E-state index contributed by atoms with van der Waals surface area (Å²) in [6, 6.07) is 19.7. The number of aromatic nitrogens is 2. The fourth-order valence-corrected chi connectivity index (χ4v) is 6.76. The van der Waals surface area contributed by atoms with Crippen molar-refractivity contribution in [1.29, 1.82) is 0 Å². The van der Waals surface area contributed by atoms with E-state index in [1.807, 2.05) is 37.3 Å². The lowest BCUT2D eigenvalue weighted by atomic mass is 9.74. The minimum atomic E-state index is -4.62. The molecule has 0 unspecified atom stereocenters. The fourth-order valence-electron chi connectivity index (χ4n) is 6.76. The number of hydrogen-bond donors (Lipinski definition) is 0. The zero-order chi connectivity index (χ0) is 32.6. The van der Waals surface area contributed by atoms with E-state index in [2.05, 4.69) is 11.8 Å². The monoisotopic (exact) mass is 632 g/mol. The molecule has 6 nitrogen and oxygen atoms in total. The molecule has 240 valence electrons. The molecule has 0 aliphatic carbocycles. The SMILES string of the molecule is CCN1C(=O)[C@@H](CC(=O)c2cccc(C(F)(F)F)c2)[C@@H](c2ccc(F)cc2)c2c(CN3CCC(C)CC3)nn(-c3ccccc3)c21. The second-order valence-electron chi connectivity index (χ2n) is 12.3. The highest BCUT2D eigenvalue weighted by Gasteiger charge is 2.46. The molecule has 3 aromatic carbocycles. The molecule has 1 fully saturated rings. The number of nitrogens with zero attached hydrogens (tertiary/aromatic N) is 4. The number of likely N-dealkylation sites (tertiary alicyclic amines) is 1. The topological polar surface area (TPSA) is 58.4 Å². The Kier molecular flexibility index (Phi) is 8.83. The molecule has 0 saturated carbocycles. The van der Waals surface area contributed by atoms with Crippen LogP contribution in [-0.4, -0.2) is 46.0 Å².